The van der Waals surface area contributed by atoms with Gasteiger partial charge in [0.1, 0.15) is 0 Å². The van der Waals surface area contributed by atoms with Gasteiger partial charge in [-0.15, -0.1) is 0 Å². The molecule has 0 aliphatic heterocycles. The van der Waals surface area contributed by atoms with Gasteiger partial charge in [-0.2, -0.15) is 0 Å². The van der Waals surface area contributed by atoms with Crippen molar-refractivity contribution in [1.29, 1.82) is 0 Å². The van der Waals surface area contributed by atoms with Gasteiger partial charge < -0.3 is 4.98 Å². The Morgan fingerprint density at radius 1 is 1.25 bits per heavy atom. The molecule has 0 saturated heterocycles. The molecule has 0 bridgehead atoms. The van der Waals surface area contributed by atoms with Crippen LogP contribution in [0.2, 0.25) is 0 Å². The van der Waals surface area contributed by atoms with E-state index in [4.69, 9.17) is 0 Å². The van der Waals surface area contributed by atoms with Crippen LogP contribution in [0.3, 0.4) is 0 Å². The van der Waals surface area contributed by atoms with Crippen LogP contribution in [0.4, 0.5) is 0 Å². The fraction of sp³-hybridized carbons (Fsp3) is 0.357. The number of imidazole rings is 1. The van der Waals surface area contributed by atoms with E-state index in [2.05, 4.69) is 48.9 Å². The van der Waals surface area contributed by atoms with E-state index in [0.29, 0.717) is 5.92 Å². The average Bonchev–Trinajstić information content (AvgIpc) is 2.70. The maximum absolute atomic E-state index is 4.06. The standard InChI is InChI=1S/C14H18N2/c1-10-5-4-6-11(2)14(10)12(3)7-13-8-15-9-16-13/h4-6,8-9,12H,7H2,1-3H3,(H,15,16). The van der Waals surface area contributed by atoms with E-state index in [1.54, 1.807) is 6.33 Å². The summed E-state index contributed by atoms with van der Waals surface area (Å²) in [4.78, 5) is 7.22. The lowest BCUT2D eigenvalue weighted by molar-refractivity contribution is 0.733. The summed E-state index contributed by atoms with van der Waals surface area (Å²) in [7, 11) is 0. The first-order chi connectivity index (χ1) is 7.68. The molecule has 84 valence electrons. The van der Waals surface area contributed by atoms with Crippen LogP contribution in [0.1, 0.15) is 35.2 Å². The minimum atomic E-state index is 0.529. The summed E-state index contributed by atoms with van der Waals surface area (Å²) in [6.45, 7) is 6.65. The molecule has 1 aromatic carbocycles. The summed E-state index contributed by atoms with van der Waals surface area (Å²) in [6.07, 6.45) is 4.67. The smallest absolute Gasteiger partial charge is 0.0921 e. The van der Waals surface area contributed by atoms with Gasteiger partial charge in [-0.1, -0.05) is 25.1 Å². The molecule has 1 aromatic heterocycles. The third-order valence-electron chi connectivity index (χ3n) is 3.12. The van der Waals surface area contributed by atoms with E-state index in [1.807, 2.05) is 6.20 Å². The molecule has 2 nitrogen and oxygen atoms in total. The highest BCUT2D eigenvalue weighted by Crippen LogP contribution is 2.25. The fourth-order valence-corrected chi connectivity index (χ4v) is 2.43. The summed E-state index contributed by atoms with van der Waals surface area (Å²) >= 11 is 0. The first-order valence-electron chi connectivity index (χ1n) is 5.72. The molecule has 2 heteroatoms. The highest BCUT2D eigenvalue weighted by molar-refractivity contribution is 5.36. The van der Waals surface area contributed by atoms with Crippen LogP contribution in [-0.4, -0.2) is 9.97 Å². The van der Waals surface area contributed by atoms with Crippen LogP contribution >= 0.6 is 0 Å². The zero-order valence-electron chi connectivity index (χ0n) is 10.1. The van der Waals surface area contributed by atoms with Gasteiger partial charge in [0.05, 0.1) is 6.33 Å². The molecular weight excluding hydrogens is 196 g/mol. The van der Waals surface area contributed by atoms with Crippen molar-refractivity contribution in [3.05, 3.63) is 53.1 Å². The molecule has 0 saturated carbocycles. The first kappa shape index (κ1) is 10.9. The minimum Gasteiger partial charge on any atom is -0.348 e. The normalized spacial score (nSPS) is 12.7. The average molecular weight is 214 g/mol. The maximum atomic E-state index is 4.06. The molecule has 2 rings (SSSR count). The fourth-order valence-electron chi connectivity index (χ4n) is 2.43. The van der Waals surface area contributed by atoms with E-state index in [0.717, 1.165) is 6.42 Å². The first-order valence-corrected chi connectivity index (χ1v) is 5.72. The number of nitrogens with one attached hydrogen (secondary N) is 1. The molecule has 0 aliphatic carbocycles. The Kier molecular flexibility index (Phi) is 3.09. The highest BCUT2D eigenvalue weighted by atomic mass is 14.9. The van der Waals surface area contributed by atoms with Crippen LogP contribution in [0.5, 0.6) is 0 Å². The molecule has 1 N–H and O–H groups in total. The second kappa shape index (κ2) is 4.52. The second-order valence-electron chi connectivity index (χ2n) is 4.49. The van der Waals surface area contributed by atoms with Crippen molar-refractivity contribution >= 4 is 0 Å². The lowest BCUT2D eigenvalue weighted by Gasteiger charge is -2.16. The third-order valence-corrected chi connectivity index (χ3v) is 3.12. The quantitative estimate of drug-likeness (QED) is 0.833. The number of rotatable bonds is 3. The van der Waals surface area contributed by atoms with Crippen LogP contribution in [0, 0.1) is 13.8 Å². The lowest BCUT2D eigenvalue weighted by atomic mass is 9.89. The van der Waals surface area contributed by atoms with E-state index in [1.165, 1.54) is 22.4 Å². The van der Waals surface area contributed by atoms with Crippen LogP contribution in [0.25, 0.3) is 0 Å². The Bertz CT molecular complexity index is 437. The van der Waals surface area contributed by atoms with Gasteiger partial charge in [-0.3, -0.25) is 0 Å². The van der Waals surface area contributed by atoms with Crippen molar-refractivity contribution in [2.24, 2.45) is 0 Å². The van der Waals surface area contributed by atoms with E-state index in [9.17, 15) is 0 Å². The zero-order valence-corrected chi connectivity index (χ0v) is 10.1. The maximum Gasteiger partial charge on any atom is 0.0921 e. The van der Waals surface area contributed by atoms with Gasteiger partial charge in [-0.05, 0) is 42.9 Å². The number of benzene rings is 1. The lowest BCUT2D eigenvalue weighted by Crippen LogP contribution is -2.03. The largest absolute Gasteiger partial charge is 0.348 e. The number of H-pyrrole nitrogens is 1. The Balaban J connectivity index is 2.24. The number of aromatic nitrogens is 2. The van der Waals surface area contributed by atoms with Crippen molar-refractivity contribution in [2.45, 2.75) is 33.1 Å². The summed E-state index contributed by atoms with van der Waals surface area (Å²) < 4.78 is 0. The molecule has 1 heterocycles. The molecule has 0 aliphatic rings. The van der Waals surface area contributed by atoms with Crippen molar-refractivity contribution in [2.75, 3.05) is 0 Å². The van der Waals surface area contributed by atoms with Gasteiger partial charge >= 0.3 is 0 Å². The predicted octanol–water partition coefficient (Wildman–Crippen LogP) is 3.37. The Labute approximate surface area is 96.7 Å². The zero-order chi connectivity index (χ0) is 11.5. The van der Waals surface area contributed by atoms with Crippen molar-refractivity contribution in [3.8, 4) is 0 Å². The molecule has 1 unspecified atom stereocenters. The Morgan fingerprint density at radius 2 is 1.94 bits per heavy atom. The molecular formula is C14H18N2. The van der Waals surface area contributed by atoms with Crippen LogP contribution in [-0.2, 0) is 6.42 Å². The monoisotopic (exact) mass is 214 g/mol. The summed E-state index contributed by atoms with van der Waals surface area (Å²) in [5.41, 5.74) is 5.44. The predicted molar refractivity (Wildman–Crippen MR) is 66.6 cm³/mol. The van der Waals surface area contributed by atoms with Crippen LogP contribution in [0.15, 0.2) is 30.7 Å². The second-order valence-corrected chi connectivity index (χ2v) is 4.49. The van der Waals surface area contributed by atoms with E-state index < -0.39 is 0 Å². The summed E-state index contributed by atoms with van der Waals surface area (Å²) in [5, 5.41) is 0. The summed E-state index contributed by atoms with van der Waals surface area (Å²) in [5.74, 6) is 0.529. The topological polar surface area (TPSA) is 28.7 Å². The van der Waals surface area contributed by atoms with Crippen molar-refractivity contribution in [3.63, 3.8) is 0 Å². The number of aryl methyl sites for hydroxylation is 2. The number of hydrogen-bond donors (Lipinski definition) is 1. The molecule has 0 radical (unpaired) electrons. The third kappa shape index (κ3) is 2.16. The van der Waals surface area contributed by atoms with Gasteiger partial charge in [-0.25, -0.2) is 4.98 Å². The molecule has 2 aromatic rings. The summed E-state index contributed by atoms with van der Waals surface area (Å²) in [6, 6.07) is 6.49. The molecule has 0 amide bonds. The highest BCUT2D eigenvalue weighted by Gasteiger charge is 2.12. The van der Waals surface area contributed by atoms with Crippen molar-refractivity contribution < 1.29 is 0 Å². The number of hydrogen-bond acceptors (Lipinski definition) is 1. The molecule has 16 heavy (non-hydrogen) atoms. The van der Waals surface area contributed by atoms with E-state index >= 15 is 0 Å². The van der Waals surface area contributed by atoms with Gasteiger partial charge in [0, 0.05) is 11.9 Å². The SMILES string of the molecule is Cc1cccc(C)c1C(C)Cc1cnc[nH]1. The molecule has 0 fully saturated rings. The number of aromatic amines is 1. The molecule has 0 spiro atoms. The minimum absolute atomic E-state index is 0.529. The van der Waals surface area contributed by atoms with Crippen molar-refractivity contribution in [1.82, 2.24) is 9.97 Å². The van der Waals surface area contributed by atoms with Crippen LogP contribution < -0.4 is 0 Å². The van der Waals surface area contributed by atoms with E-state index in [-0.39, 0.29) is 0 Å². The number of nitrogens with zero attached hydrogens (tertiary/aromatic N) is 1. The van der Waals surface area contributed by atoms with Gasteiger partial charge in [0.25, 0.3) is 0 Å². The molecule has 1 atom stereocenters. The van der Waals surface area contributed by atoms with Gasteiger partial charge in [0.15, 0.2) is 0 Å². The van der Waals surface area contributed by atoms with Gasteiger partial charge in [0.2, 0.25) is 0 Å². The Morgan fingerprint density at radius 3 is 2.50 bits per heavy atom. The Hall–Kier alpha value is -1.57.